The van der Waals surface area contributed by atoms with Crippen LogP contribution in [0.1, 0.15) is 99.3 Å². The third-order valence-electron chi connectivity index (χ3n) is 6.49. The lowest BCUT2D eigenvalue weighted by atomic mass is 9.92. The molecule has 0 aromatic heterocycles. The van der Waals surface area contributed by atoms with Crippen molar-refractivity contribution in [3.63, 3.8) is 0 Å². The number of likely N-dealkylation sites (tertiary alicyclic amines) is 2. The molecule has 2 heterocycles. The number of carbonyl (C=O) groups is 2. The van der Waals surface area contributed by atoms with Crippen LogP contribution in [0.15, 0.2) is 0 Å². The fourth-order valence-corrected chi connectivity index (χ4v) is 4.93. The SMILES string of the molecule is CC(C)(C)OC(=O)N1CCC(CCCC#N)CC1.CC(C)(C)OC(=O)N1CCC(CCCOS(C)(=O)=O)CC1. The number of carbonyl (C=O) groups excluding carboxylic acids is 2. The van der Waals surface area contributed by atoms with Crippen molar-refractivity contribution in [3.8, 4) is 6.07 Å². The molecule has 0 radical (unpaired) electrons. The third kappa shape index (κ3) is 17.3. The first-order valence-electron chi connectivity index (χ1n) is 14.2. The van der Waals surface area contributed by atoms with Gasteiger partial charge in [-0.05, 0) is 105 Å². The molecule has 226 valence electrons. The zero-order valence-electron chi connectivity index (χ0n) is 25.2. The molecular formula is C28H51N3O7S. The van der Waals surface area contributed by atoms with E-state index in [1.54, 1.807) is 9.80 Å². The summed E-state index contributed by atoms with van der Waals surface area (Å²) in [7, 11) is -3.33. The van der Waals surface area contributed by atoms with Gasteiger partial charge in [0.05, 0.1) is 18.9 Å². The maximum absolute atomic E-state index is 11.9. The third-order valence-corrected chi connectivity index (χ3v) is 7.08. The van der Waals surface area contributed by atoms with Crippen molar-refractivity contribution in [1.82, 2.24) is 9.80 Å². The maximum atomic E-state index is 11.9. The molecule has 2 fully saturated rings. The molecule has 2 rings (SSSR count). The molecule has 0 bridgehead atoms. The van der Waals surface area contributed by atoms with E-state index in [1.807, 2.05) is 41.5 Å². The summed E-state index contributed by atoms with van der Waals surface area (Å²) in [6, 6.07) is 2.18. The van der Waals surface area contributed by atoms with Crippen LogP contribution in [-0.2, 0) is 23.8 Å². The van der Waals surface area contributed by atoms with Crippen LogP contribution in [0.3, 0.4) is 0 Å². The maximum Gasteiger partial charge on any atom is 0.410 e. The van der Waals surface area contributed by atoms with Gasteiger partial charge in [-0.2, -0.15) is 13.7 Å². The van der Waals surface area contributed by atoms with Crippen LogP contribution in [0, 0.1) is 23.2 Å². The Hall–Kier alpha value is -2.06. The number of piperidine rings is 2. The van der Waals surface area contributed by atoms with Crippen LogP contribution >= 0.6 is 0 Å². The number of nitriles is 1. The Morgan fingerprint density at radius 3 is 1.51 bits per heavy atom. The van der Waals surface area contributed by atoms with Crippen LogP contribution in [0.2, 0.25) is 0 Å². The summed E-state index contributed by atoms with van der Waals surface area (Å²) in [4.78, 5) is 27.3. The zero-order chi connectivity index (χ0) is 29.7. The van der Waals surface area contributed by atoms with Gasteiger partial charge in [-0.15, -0.1) is 0 Å². The molecule has 0 spiro atoms. The molecule has 39 heavy (non-hydrogen) atoms. The monoisotopic (exact) mass is 573 g/mol. The van der Waals surface area contributed by atoms with E-state index >= 15 is 0 Å². The van der Waals surface area contributed by atoms with Crippen LogP contribution in [-0.4, -0.2) is 80.6 Å². The number of rotatable bonds is 8. The minimum absolute atomic E-state index is 0.196. The standard InChI is InChI=1S/C14H24N2O2.C14H27NO5S/c1-14(2,3)18-13(17)16-10-7-12(8-11-16)6-4-5-9-15;1-14(2,3)20-13(16)15-9-7-12(8-10-15)6-5-11-19-21(4,17)18/h12H,4-8,10-11H2,1-3H3;12H,5-11H2,1-4H3. The number of hydrogen-bond acceptors (Lipinski definition) is 8. The lowest BCUT2D eigenvalue weighted by Gasteiger charge is -2.33. The molecule has 2 amide bonds. The molecule has 2 saturated heterocycles. The Morgan fingerprint density at radius 2 is 1.18 bits per heavy atom. The van der Waals surface area contributed by atoms with Crippen molar-refractivity contribution in [2.45, 2.75) is 111 Å². The molecule has 2 aliphatic rings. The van der Waals surface area contributed by atoms with Crippen molar-refractivity contribution in [1.29, 1.82) is 5.26 Å². The van der Waals surface area contributed by atoms with Crippen LogP contribution in [0.25, 0.3) is 0 Å². The Kier molecular flexibility index (Phi) is 14.6. The van der Waals surface area contributed by atoms with Gasteiger partial charge in [0, 0.05) is 32.6 Å². The van der Waals surface area contributed by atoms with Crippen molar-refractivity contribution in [2.75, 3.05) is 39.0 Å². The number of hydrogen-bond donors (Lipinski definition) is 0. The number of nitrogens with zero attached hydrogens (tertiary/aromatic N) is 3. The van der Waals surface area contributed by atoms with Gasteiger partial charge < -0.3 is 19.3 Å². The first-order chi connectivity index (χ1) is 18.0. The van der Waals surface area contributed by atoms with E-state index in [9.17, 15) is 18.0 Å². The Morgan fingerprint density at radius 1 is 0.795 bits per heavy atom. The highest BCUT2D eigenvalue weighted by Crippen LogP contribution is 2.24. The van der Waals surface area contributed by atoms with E-state index in [1.165, 1.54) is 0 Å². The van der Waals surface area contributed by atoms with Gasteiger partial charge in [0.2, 0.25) is 0 Å². The Balaban J connectivity index is 0.000000395. The molecule has 0 unspecified atom stereocenters. The molecular weight excluding hydrogens is 522 g/mol. The summed E-state index contributed by atoms with van der Waals surface area (Å²) in [5.74, 6) is 1.18. The predicted octanol–water partition coefficient (Wildman–Crippen LogP) is 5.72. The van der Waals surface area contributed by atoms with E-state index in [0.717, 1.165) is 70.7 Å². The highest BCUT2D eigenvalue weighted by atomic mass is 32.2. The normalized spacial score (nSPS) is 17.6. The van der Waals surface area contributed by atoms with Crippen molar-refractivity contribution < 1.29 is 31.7 Å². The van der Waals surface area contributed by atoms with Crippen LogP contribution in [0.4, 0.5) is 9.59 Å². The van der Waals surface area contributed by atoms with E-state index in [0.29, 0.717) is 31.3 Å². The van der Waals surface area contributed by atoms with Crippen LogP contribution in [0.5, 0.6) is 0 Å². The summed E-state index contributed by atoms with van der Waals surface area (Å²) in [5.41, 5.74) is -0.877. The van der Waals surface area contributed by atoms with E-state index < -0.39 is 21.3 Å². The number of unbranched alkanes of at least 4 members (excludes halogenated alkanes) is 1. The van der Waals surface area contributed by atoms with Gasteiger partial charge in [0.15, 0.2) is 0 Å². The molecule has 10 nitrogen and oxygen atoms in total. The minimum Gasteiger partial charge on any atom is -0.444 e. The first-order valence-corrected chi connectivity index (χ1v) is 16.0. The number of ether oxygens (including phenoxy) is 2. The fourth-order valence-electron chi connectivity index (χ4n) is 4.51. The summed E-state index contributed by atoms with van der Waals surface area (Å²) in [6.07, 6.45) is 8.93. The molecule has 0 atom stereocenters. The molecule has 0 aromatic rings. The fraction of sp³-hybridized carbons (Fsp3) is 0.893. The second-order valence-electron chi connectivity index (χ2n) is 12.5. The highest BCUT2D eigenvalue weighted by molar-refractivity contribution is 7.85. The van der Waals surface area contributed by atoms with Gasteiger partial charge in [-0.1, -0.05) is 0 Å². The quantitative estimate of drug-likeness (QED) is 0.267. The summed E-state index contributed by atoms with van der Waals surface area (Å²) in [5, 5.41) is 8.50. The minimum atomic E-state index is -3.33. The second kappa shape index (κ2) is 16.3. The second-order valence-corrected chi connectivity index (χ2v) is 14.2. The molecule has 0 N–H and O–H groups in total. The largest absolute Gasteiger partial charge is 0.444 e. The zero-order valence-corrected chi connectivity index (χ0v) is 26.0. The Bertz CT molecular complexity index is 888. The first kappa shape index (κ1) is 35.0. The summed E-state index contributed by atoms with van der Waals surface area (Å²) in [6.45, 7) is 14.5. The van der Waals surface area contributed by atoms with Gasteiger partial charge in [-0.25, -0.2) is 9.59 Å². The predicted molar refractivity (Wildman–Crippen MR) is 151 cm³/mol. The van der Waals surface area contributed by atoms with Crippen LogP contribution < -0.4 is 0 Å². The van der Waals surface area contributed by atoms with Crippen molar-refractivity contribution in [3.05, 3.63) is 0 Å². The van der Waals surface area contributed by atoms with Gasteiger partial charge in [0.1, 0.15) is 11.2 Å². The van der Waals surface area contributed by atoms with E-state index in [4.69, 9.17) is 18.9 Å². The van der Waals surface area contributed by atoms with Crippen molar-refractivity contribution >= 4 is 22.3 Å². The smallest absolute Gasteiger partial charge is 0.410 e. The van der Waals surface area contributed by atoms with Crippen molar-refractivity contribution in [2.24, 2.45) is 11.8 Å². The van der Waals surface area contributed by atoms with E-state index in [-0.39, 0.29) is 18.8 Å². The average molecular weight is 574 g/mol. The molecule has 0 saturated carbocycles. The summed E-state index contributed by atoms with van der Waals surface area (Å²) < 4.78 is 37.1. The molecule has 0 aromatic carbocycles. The molecule has 0 aliphatic carbocycles. The topological polar surface area (TPSA) is 126 Å². The van der Waals surface area contributed by atoms with Gasteiger partial charge >= 0.3 is 12.2 Å². The average Bonchev–Trinajstić information content (AvgIpc) is 2.80. The van der Waals surface area contributed by atoms with Gasteiger partial charge in [-0.3, -0.25) is 4.18 Å². The van der Waals surface area contributed by atoms with Gasteiger partial charge in [0.25, 0.3) is 10.1 Å². The lowest BCUT2D eigenvalue weighted by Crippen LogP contribution is -2.41. The van der Waals surface area contributed by atoms with E-state index in [2.05, 4.69) is 6.07 Å². The lowest BCUT2D eigenvalue weighted by molar-refractivity contribution is 0.0169. The molecule has 2 aliphatic heterocycles. The highest BCUT2D eigenvalue weighted by Gasteiger charge is 2.27. The Labute approximate surface area is 236 Å². The number of amides is 2. The molecule has 11 heteroatoms. The summed E-state index contributed by atoms with van der Waals surface area (Å²) >= 11 is 0.